The van der Waals surface area contributed by atoms with E-state index < -0.39 is 24.4 Å². The Balaban J connectivity index is 1.39. The van der Waals surface area contributed by atoms with Crippen molar-refractivity contribution < 1.29 is 23.9 Å². The number of thiophene rings is 1. The third-order valence-corrected chi connectivity index (χ3v) is 5.48. The molecular formula is C20H16N2O5S. The number of para-hydroxylation sites is 1. The van der Waals surface area contributed by atoms with Crippen LogP contribution in [0.2, 0.25) is 0 Å². The van der Waals surface area contributed by atoms with Crippen molar-refractivity contribution in [2.75, 3.05) is 6.61 Å². The molecule has 1 aliphatic rings. The Labute approximate surface area is 164 Å². The van der Waals surface area contributed by atoms with Gasteiger partial charge in [-0.25, -0.2) is 4.79 Å². The molecule has 1 aromatic carbocycles. The number of benzene rings is 1. The first-order chi connectivity index (χ1) is 13.5. The van der Waals surface area contributed by atoms with Crippen LogP contribution >= 0.6 is 11.3 Å². The number of imide groups is 1. The highest BCUT2D eigenvalue weighted by molar-refractivity contribution is 7.17. The molecule has 0 spiro atoms. The van der Waals surface area contributed by atoms with Gasteiger partial charge in [0, 0.05) is 29.2 Å². The number of esters is 1. The minimum absolute atomic E-state index is 0.337. The second-order valence-electron chi connectivity index (χ2n) is 6.21. The van der Waals surface area contributed by atoms with Gasteiger partial charge in [-0.2, -0.15) is 0 Å². The molecule has 0 saturated heterocycles. The van der Waals surface area contributed by atoms with Crippen LogP contribution < -0.4 is 10.1 Å². The summed E-state index contributed by atoms with van der Waals surface area (Å²) in [6.45, 7) is -0.160. The SMILES string of the molecule is Cn1cccc1C(=O)NC(=O)COC(=O)c1cc2c(s1)-c1ccccc1OC2. The van der Waals surface area contributed by atoms with Gasteiger partial charge in [0.15, 0.2) is 6.61 Å². The van der Waals surface area contributed by atoms with E-state index in [1.807, 2.05) is 24.3 Å². The van der Waals surface area contributed by atoms with Crippen LogP contribution in [0.5, 0.6) is 5.75 Å². The number of aryl methyl sites for hydroxylation is 1. The number of carbonyl (C=O) groups is 3. The summed E-state index contributed by atoms with van der Waals surface area (Å²) in [7, 11) is 1.69. The molecule has 0 unspecified atom stereocenters. The fraction of sp³-hybridized carbons (Fsp3) is 0.150. The standard InChI is InChI=1S/C20H16N2O5S/c1-22-8-4-6-14(22)19(24)21-17(23)11-27-20(25)16-9-12-10-26-15-7-3-2-5-13(15)18(12)28-16/h2-9H,10-11H2,1H3,(H,21,23,24). The van der Waals surface area contributed by atoms with Crippen molar-refractivity contribution in [2.45, 2.75) is 6.61 Å². The number of hydrogen-bond donors (Lipinski definition) is 1. The van der Waals surface area contributed by atoms with Gasteiger partial charge in [-0.1, -0.05) is 12.1 Å². The summed E-state index contributed by atoms with van der Waals surface area (Å²) in [6.07, 6.45) is 1.69. The molecular weight excluding hydrogens is 380 g/mol. The van der Waals surface area contributed by atoms with Crippen LogP contribution in [-0.4, -0.2) is 29.0 Å². The molecule has 142 valence electrons. The van der Waals surface area contributed by atoms with Gasteiger partial charge < -0.3 is 14.0 Å². The molecule has 3 heterocycles. The summed E-state index contributed by atoms with van der Waals surface area (Å²) in [5, 5.41) is 2.20. The monoisotopic (exact) mass is 396 g/mol. The number of nitrogens with zero attached hydrogens (tertiary/aromatic N) is 1. The first-order valence-corrected chi connectivity index (χ1v) is 9.32. The van der Waals surface area contributed by atoms with Gasteiger partial charge in [-0.15, -0.1) is 11.3 Å². The lowest BCUT2D eigenvalue weighted by atomic mass is 10.1. The predicted octanol–water partition coefficient (Wildman–Crippen LogP) is 2.76. The molecule has 1 N–H and O–H groups in total. The van der Waals surface area contributed by atoms with Crippen LogP contribution in [0.3, 0.4) is 0 Å². The lowest BCUT2D eigenvalue weighted by Gasteiger charge is -2.16. The molecule has 2 aromatic heterocycles. The minimum Gasteiger partial charge on any atom is -0.488 e. The maximum atomic E-state index is 12.3. The smallest absolute Gasteiger partial charge is 0.348 e. The number of carbonyl (C=O) groups excluding carboxylic acids is 3. The Hall–Kier alpha value is -3.39. The average Bonchev–Trinajstić information content (AvgIpc) is 3.32. The Morgan fingerprint density at radius 3 is 2.82 bits per heavy atom. The van der Waals surface area contributed by atoms with Crippen LogP contribution in [0, 0.1) is 0 Å². The largest absolute Gasteiger partial charge is 0.488 e. The van der Waals surface area contributed by atoms with Crippen LogP contribution in [0.15, 0.2) is 48.7 Å². The third-order valence-electron chi connectivity index (χ3n) is 4.29. The van der Waals surface area contributed by atoms with Crippen molar-refractivity contribution in [1.82, 2.24) is 9.88 Å². The van der Waals surface area contributed by atoms with Crippen LogP contribution in [0.25, 0.3) is 10.4 Å². The Morgan fingerprint density at radius 2 is 2.04 bits per heavy atom. The number of ether oxygens (including phenoxy) is 2. The minimum atomic E-state index is -0.686. The van der Waals surface area contributed by atoms with Crippen molar-refractivity contribution >= 4 is 29.1 Å². The number of hydrogen-bond acceptors (Lipinski definition) is 6. The zero-order chi connectivity index (χ0) is 19.7. The highest BCUT2D eigenvalue weighted by atomic mass is 32.1. The lowest BCUT2D eigenvalue weighted by Crippen LogP contribution is -2.35. The van der Waals surface area contributed by atoms with E-state index in [0.29, 0.717) is 17.2 Å². The molecule has 0 radical (unpaired) electrons. The molecule has 0 fully saturated rings. The van der Waals surface area contributed by atoms with Gasteiger partial charge >= 0.3 is 5.97 Å². The quantitative estimate of drug-likeness (QED) is 0.686. The van der Waals surface area contributed by atoms with E-state index >= 15 is 0 Å². The summed E-state index contributed by atoms with van der Waals surface area (Å²) in [4.78, 5) is 37.6. The molecule has 0 aliphatic carbocycles. The zero-order valence-electron chi connectivity index (χ0n) is 14.9. The van der Waals surface area contributed by atoms with Gasteiger partial charge in [0.1, 0.15) is 22.9 Å². The van der Waals surface area contributed by atoms with E-state index in [1.165, 1.54) is 11.3 Å². The van der Waals surface area contributed by atoms with E-state index in [9.17, 15) is 14.4 Å². The summed E-state index contributed by atoms with van der Waals surface area (Å²) in [6, 6.07) is 12.6. The van der Waals surface area contributed by atoms with E-state index in [0.717, 1.165) is 21.8 Å². The van der Waals surface area contributed by atoms with E-state index in [4.69, 9.17) is 9.47 Å². The van der Waals surface area contributed by atoms with Crippen molar-refractivity contribution in [1.29, 1.82) is 0 Å². The molecule has 4 rings (SSSR count). The molecule has 8 heteroatoms. The summed E-state index contributed by atoms with van der Waals surface area (Å²) in [5.41, 5.74) is 2.17. The molecule has 7 nitrogen and oxygen atoms in total. The van der Waals surface area contributed by atoms with Crippen LogP contribution in [-0.2, 0) is 23.2 Å². The van der Waals surface area contributed by atoms with Gasteiger partial charge in [-0.3, -0.25) is 14.9 Å². The predicted molar refractivity (Wildman–Crippen MR) is 102 cm³/mol. The summed E-state index contributed by atoms with van der Waals surface area (Å²) < 4.78 is 12.3. The van der Waals surface area contributed by atoms with Crippen molar-refractivity contribution in [3.8, 4) is 16.2 Å². The van der Waals surface area contributed by atoms with Gasteiger partial charge in [0.25, 0.3) is 11.8 Å². The lowest BCUT2D eigenvalue weighted by molar-refractivity contribution is -0.123. The molecule has 0 atom stereocenters. The highest BCUT2D eigenvalue weighted by Crippen LogP contribution is 2.42. The third kappa shape index (κ3) is 3.41. The van der Waals surface area contributed by atoms with Gasteiger partial charge in [0.05, 0.1) is 0 Å². The van der Waals surface area contributed by atoms with E-state index in [1.54, 1.807) is 36.0 Å². The Morgan fingerprint density at radius 1 is 1.21 bits per heavy atom. The second-order valence-corrected chi connectivity index (χ2v) is 7.26. The Kier molecular flexibility index (Phi) is 4.70. The maximum Gasteiger partial charge on any atom is 0.348 e. The molecule has 0 saturated carbocycles. The van der Waals surface area contributed by atoms with Crippen molar-refractivity contribution in [3.05, 3.63) is 64.8 Å². The van der Waals surface area contributed by atoms with Crippen molar-refractivity contribution in [2.24, 2.45) is 7.05 Å². The fourth-order valence-corrected chi connectivity index (χ4v) is 4.02. The van der Waals surface area contributed by atoms with Crippen LogP contribution in [0.4, 0.5) is 0 Å². The summed E-state index contributed by atoms with van der Waals surface area (Å²) in [5.74, 6) is -1.07. The number of aromatic nitrogens is 1. The summed E-state index contributed by atoms with van der Waals surface area (Å²) >= 11 is 1.30. The maximum absolute atomic E-state index is 12.3. The first-order valence-electron chi connectivity index (χ1n) is 8.50. The normalized spacial score (nSPS) is 11.8. The van der Waals surface area contributed by atoms with Crippen LogP contribution in [0.1, 0.15) is 25.7 Å². The fourth-order valence-electron chi connectivity index (χ4n) is 2.93. The average molecular weight is 396 g/mol. The molecule has 2 amide bonds. The number of amides is 2. The van der Waals surface area contributed by atoms with E-state index in [-0.39, 0.29) is 0 Å². The van der Waals surface area contributed by atoms with E-state index in [2.05, 4.69) is 5.32 Å². The number of rotatable bonds is 4. The Bertz CT molecular complexity index is 1080. The first kappa shape index (κ1) is 18.0. The zero-order valence-corrected chi connectivity index (χ0v) is 15.7. The van der Waals surface area contributed by atoms with Gasteiger partial charge in [0.2, 0.25) is 0 Å². The van der Waals surface area contributed by atoms with Crippen molar-refractivity contribution in [3.63, 3.8) is 0 Å². The molecule has 3 aromatic rings. The number of fused-ring (bicyclic) bond motifs is 3. The second kappa shape index (κ2) is 7.32. The van der Waals surface area contributed by atoms with Gasteiger partial charge in [-0.05, 0) is 30.3 Å². The number of nitrogens with one attached hydrogen (secondary N) is 1. The molecule has 0 bridgehead atoms. The highest BCUT2D eigenvalue weighted by Gasteiger charge is 2.23. The molecule has 1 aliphatic heterocycles. The topological polar surface area (TPSA) is 86.6 Å². The molecule has 28 heavy (non-hydrogen) atoms.